The van der Waals surface area contributed by atoms with Crippen LogP contribution in [0.25, 0.3) is 0 Å². The van der Waals surface area contributed by atoms with Crippen molar-refractivity contribution in [1.29, 1.82) is 0 Å². The molecule has 0 amide bonds. The maximum absolute atomic E-state index is 12.8. The SMILES string of the molecule is Cc1ccc([C@H](NS(=O)(=O)c2ccc(C)cc2)c2cccs2)cc1. The zero-order valence-corrected chi connectivity index (χ0v) is 15.2. The van der Waals surface area contributed by atoms with E-state index in [9.17, 15) is 8.42 Å². The number of thiophene rings is 1. The summed E-state index contributed by atoms with van der Waals surface area (Å²) < 4.78 is 28.4. The molecular formula is C19H19NO2S2. The number of aryl methyl sites for hydroxylation is 2. The Hall–Kier alpha value is -1.95. The Labute approximate surface area is 147 Å². The van der Waals surface area contributed by atoms with Crippen LogP contribution in [-0.2, 0) is 10.0 Å². The van der Waals surface area contributed by atoms with Gasteiger partial charge in [-0.25, -0.2) is 8.42 Å². The normalized spacial score (nSPS) is 12.9. The Morgan fingerprint density at radius 3 is 2.00 bits per heavy atom. The van der Waals surface area contributed by atoms with Gasteiger partial charge in [-0.3, -0.25) is 0 Å². The fourth-order valence-corrected chi connectivity index (χ4v) is 4.53. The van der Waals surface area contributed by atoms with E-state index in [0.29, 0.717) is 0 Å². The molecule has 3 rings (SSSR count). The van der Waals surface area contributed by atoms with Crippen molar-refractivity contribution in [3.05, 3.63) is 87.6 Å². The molecule has 0 saturated carbocycles. The van der Waals surface area contributed by atoms with E-state index in [1.54, 1.807) is 35.6 Å². The highest BCUT2D eigenvalue weighted by Crippen LogP contribution is 2.28. The first-order valence-electron chi connectivity index (χ1n) is 7.65. The summed E-state index contributed by atoms with van der Waals surface area (Å²) in [5.74, 6) is 0. The van der Waals surface area contributed by atoms with Gasteiger partial charge in [-0.05, 0) is 43.0 Å². The van der Waals surface area contributed by atoms with Gasteiger partial charge >= 0.3 is 0 Å². The van der Waals surface area contributed by atoms with Gasteiger partial charge in [-0.1, -0.05) is 53.6 Å². The molecule has 124 valence electrons. The highest BCUT2D eigenvalue weighted by Gasteiger charge is 2.23. The lowest BCUT2D eigenvalue weighted by Gasteiger charge is -2.18. The monoisotopic (exact) mass is 357 g/mol. The van der Waals surface area contributed by atoms with Crippen molar-refractivity contribution in [1.82, 2.24) is 4.72 Å². The molecule has 3 aromatic rings. The van der Waals surface area contributed by atoms with Crippen LogP contribution in [0, 0.1) is 13.8 Å². The second kappa shape index (κ2) is 6.89. The third kappa shape index (κ3) is 3.75. The molecule has 0 bridgehead atoms. The number of benzene rings is 2. The van der Waals surface area contributed by atoms with E-state index in [-0.39, 0.29) is 4.90 Å². The molecule has 0 radical (unpaired) electrons. The average molecular weight is 358 g/mol. The minimum Gasteiger partial charge on any atom is -0.207 e. The van der Waals surface area contributed by atoms with Crippen molar-refractivity contribution >= 4 is 21.4 Å². The molecule has 24 heavy (non-hydrogen) atoms. The second-order valence-corrected chi connectivity index (χ2v) is 8.49. The maximum atomic E-state index is 12.8. The summed E-state index contributed by atoms with van der Waals surface area (Å²) in [6.45, 7) is 3.95. The van der Waals surface area contributed by atoms with E-state index < -0.39 is 16.1 Å². The van der Waals surface area contributed by atoms with E-state index >= 15 is 0 Å². The molecule has 0 fully saturated rings. The first-order valence-corrected chi connectivity index (χ1v) is 10.0. The Kier molecular flexibility index (Phi) is 4.85. The predicted molar refractivity (Wildman–Crippen MR) is 98.8 cm³/mol. The van der Waals surface area contributed by atoms with Crippen molar-refractivity contribution < 1.29 is 8.42 Å². The largest absolute Gasteiger partial charge is 0.241 e. The number of hydrogen-bond acceptors (Lipinski definition) is 3. The summed E-state index contributed by atoms with van der Waals surface area (Å²) in [7, 11) is -3.60. The van der Waals surface area contributed by atoms with Gasteiger partial charge in [-0.15, -0.1) is 11.3 Å². The van der Waals surface area contributed by atoms with E-state index in [4.69, 9.17) is 0 Å². The summed E-state index contributed by atoms with van der Waals surface area (Å²) in [5.41, 5.74) is 3.10. The Morgan fingerprint density at radius 1 is 0.875 bits per heavy atom. The lowest BCUT2D eigenvalue weighted by atomic mass is 10.0. The molecule has 1 atom stereocenters. The first-order chi connectivity index (χ1) is 11.5. The second-order valence-electron chi connectivity index (χ2n) is 5.79. The Balaban J connectivity index is 1.97. The molecule has 3 nitrogen and oxygen atoms in total. The van der Waals surface area contributed by atoms with Gasteiger partial charge in [0.15, 0.2) is 0 Å². The molecule has 0 aliphatic rings. The van der Waals surface area contributed by atoms with Gasteiger partial charge in [0.25, 0.3) is 0 Å². The molecule has 2 aromatic carbocycles. The lowest BCUT2D eigenvalue weighted by molar-refractivity contribution is 0.573. The lowest BCUT2D eigenvalue weighted by Crippen LogP contribution is -2.29. The number of sulfonamides is 1. The zero-order valence-electron chi connectivity index (χ0n) is 13.6. The van der Waals surface area contributed by atoms with Crippen LogP contribution in [-0.4, -0.2) is 8.42 Å². The minimum absolute atomic E-state index is 0.279. The van der Waals surface area contributed by atoms with Gasteiger partial charge in [0.05, 0.1) is 10.9 Å². The van der Waals surface area contributed by atoms with Gasteiger partial charge in [0.2, 0.25) is 10.0 Å². The van der Waals surface area contributed by atoms with Crippen molar-refractivity contribution in [2.45, 2.75) is 24.8 Å². The summed E-state index contributed by atoms with van der Waals surface area (Å²) in [5, 5.41) is 1.96. The highest BCUT2D eigenvalue weighted by atomic mass is 32.2. The molecular weight excluding hydrogens is 338 g/mol. The highest BCUT2D eigenvalue weighted by molar-refractivity contribution is 7.89. The molecule has 0 saturated heterocycles. The van der Waals surface area contributed by atoms with Crippen LogP contribution in [0.15, 0.2) is 70.9 Å². The maximum Gasteiger partial charge on any atom is 0.241 e. The van der Waals surface area contributed by atoms with Crippen LogP contribution >= 0.6 is 11.3 Å². The number of hydrogen-bond donors (Lipinski definition) is 1. The van der Waals surface area contributed by atoms with Gasteiger partial charge in [-0.2, -0.15) is 4.72 Å². The van der Waals surface area contributed by atoms with Crippen molar-refractivity contribution in [2.75, 3.05) is 0 Å². The molecule has 5 heteroatoms. The Morgan fingerprint density at radius 2 is 1.46 bits per heavy atom. The van der Waals surface area contributed by atoms with Crippen molar-refractivity contribution in [2.24, 2.45) is 0 Å². The van der Waals surface area contributed by atoms with Crippen molar-refractivity contribution in [3.8, 4) is 0 Å². The van der Waals surface area contributed by atoms with E-state index in [1.165, 1.54) is 0 Å². The summed E-state index contributed by atoms with van der Waals surface area (Å²) in [4.78, 5) is 1.25. The summed E-state index contributed by atoms with van der Waals surface area (Å²) >= 11 is 1.54. The molecule has 1 heterocycles. The fraction of sp³-hybridized carbons (Fsp3) is 0.158. The van der Waals surface area contributed by atoms with Crippen molar-refractivity contribution in [3.63, 3.8) is 0 Å². The van der Waals surface area contributed by atoms with Crippen LogP contribution in [0.3, 0.4) is 0 Å². The van der Waals surface area contributed by atoms with Crippen LogP contribution in [0.4, 0.5) is 0 Å². The predicted octanol–water partition coefficient (Wildman–Crippen LogP) is 4.43. The van der Waals surface area contributed by atoms with Gasteiger partial charge in [0.1, 0.15) is 0 Å². The third-order valence-corrected chi connectivity index (χ3v) is 6.22. The van der Waals surface area contributed by atoms with E-state index in [2.05, 4.69) is 4.72 Å². The van der Waals surface area contributed by atoms with Gasteiger partial charge in [0, 0.05) is 4.88 Å². The number of rotatable bonds is 5. The standard InChI is InChI=1S/C19H19NO2S2/c1-14-5-9-16(10-6-14)19(18-4-3-13-23-18)20-24(21,22)17-11-7-15(2)8-12-17/h3-13,19-20H,1-2H3/t19-/m0/s1. The smallest absolute Gasteiger partial charge is 0.207 e. The zero-order chi connectivity index (χ0) is 17.2. The first kappa shape index (κ1) is 16.9. The number of nitrogens with one attached hydrogen (secondary N) is 1. The quantitative estimate of drug-likeness (QED) is 0.734. The molecule has 0 spiro atoms. The van der Waals surface area contributed by atoms with Gasteiger partial charge < -0.3 is 0 Å². The van der Waals surface area contributed by atoms with Crippen LogP contribution in [0.1, 0.15) is 27.6 Å². The molecule has 0 aliphatic carbocycles. The molecule has 0 unspecified atom stereocenters. The third-order valence-electron chi connectivity index (χ3n) is 3.84. The van der Waals surface area contributed by atoms with E-state index in [0.717, 1.165) is 21.6 Å². The molecule has 1 aromatic heterocycles. The molecule has 1 N–H and O–H groups in total. The van der Waals surface area contributed by atoms with Crippen LogP contribution in [0.5, 0.6) is 0 Å². The average Bonchev–Trinajstić information content (AvgIpc) is 3.08. The molecule has 0 aliphatic heterocycles. The summed E-state index contributed by atoms with van der Waals surface area (Å²) in [6.07, 6.45) is 0. The van der Waals surface area contributed by atoms with Crippen LogP contribution < -0.4 is 4.72 Å². The van der Waals surface area contributed by atoms with Crippen LogP contribution in [0.2, 0.25) is 0 Å². The fourth-order valence-electron chi connectivity index (χ4n) is 2.45. The Bertz CT molecular complexity index is 897. The minimum atomic E-state index is -3.60. The summed E-state index contributed by atoms with van der Waals surface area (Å²) in [6, 6.07) is 18.3. The van der Waals surface area contributed by atoms with E-state index in [1.807, 2.05) is 55.6 Å². The topological polar surface area (TPSA) is 46.2 Å².